The second-order valence-electron chi connectivity index (χ2n) is 4.40. The van der Waals surface area contributed by atoms with Gasteiger partial charge >= 0.3 is 0 Å². The number of rotatable bonds is 7. The maximum Gasteiger partial charge on any atom is 0.282 e. The first-order valence-corrected chi connectivity index (χ1v) is 8.95. The second-order valence-corrected chi connectivity index (χ2v) is 7.12. The van der Waals surface area contributed by atoms with Crippen molar-refractivity contribution in [3.63, 3.8) is 0 Å². The van der Waals surface area contributed by atoms with E-state index in [4.69, 9.17) is 4.74 Å². The van der Waals surface area contributed by atoms with Crippen molar-refractivity contribution in [1.82, 2.24) is 8.61 Å². The number of nitrogens with zero attached hydrogens (tertiary/aromatic N) is 2. The lowest BCUT2D eigenvalue weighted by atomic mass is 10.2. The van der Waals surface area contributed by atoms with Crippen LogP contribution in [0.25, 0.3) is 0 Å². The third kappa shape index (κ3) is 4.77. The van der Waals surface area contributed by atoms with Crippen molar-refractivity contribution >= 4 is 26.1 Å². The van der Waals surface area contributed by atoms with Crippen LogP contribution in [0.1, 0.15) is 25.7 Å². The lowest BCUT2D eigenvalue weighted by molar-refractivity contribution is 0.177. The standard InChI is InChI=1S/C11H23BrN2O3S/c1-17-11-10-14(9-6-12)18(15,16)13-7-4-2-3-5-8-13/h2-11H2,1H3. The Morgan fingerprint density at radius 1 is 1.17 bits per heavy atom. The molecule has 0 unspecified atom stereocenters. The highest BCUT2D eigenvalue weighted by Gasteiger charge is 2.29. The van der Waals surface area contributed by atoms with Gasteiger partial charge in [-0.3, -0.25) is 0 Å². The van der Waals surface area contributed by atoms with E-state index in [1.54, 1.807) is 11.4 Å². The van der Waals surface area contributed by atoms with Crippen molar-refractivity contribution in [1.29, 1.82) is 0 Å². The van der Waals surface area contributed by atoms with Gasteiger partial charge in [-0.25, -0.2) is 0 Å². The van der Waals surface area contributed by atoms with Gasteiger partial charge in [-0.15, -0.1) is 0 Å². The van der Waals surface area contributed by atoms with Crippen LogP contribution < -0.4 is 0 Å². The van der Waals surface area contributed by atoms with Crippen molar-refractivity contribution in [3.05, 3.63) is 0 Å². The molecular weight excluding hydrogens is 320 g/mol. The van der Waals surface area contributed by atoms with Crippen molar-refractivity contribution in [2.45, 2.75) is 25.7 Å². The van der Waals surface area contributed by atoms with Crippen LogP contribution in [0.3, 0.4) is 0 Å². The fourth-order valence-corrected chi connectivity index (χ4v) is 4.40. The summed E-state index contributed by atoms with van der Waals surface area (Å²) in [5, 5.41) is 0.643. The van der Waals surface area contributed by atoms with Crippen LogP contribution in [0.5, 0.6) is 0 Å². The van der Waals surface area contributed by atoms with Gasteiger partial charge < -0.3 is 4.74 Å². The maximum atomic E-state index is 12.5. The topological polar surface area (TPSA) is 49.9 Å². The van der Waals surface area contributed by atoms with E-state index < -0.39 is 10.2 Å². The molecule has 1 heterocycles. The first kappa shape index (κ1) is 16.4. The van der Waals surface area contributed by atoms with Gasteiger partial charge in [0.1, 0.15) is 0 Å². The molecule has 18 heavy (non-hydrogen) atoms. The SMILES string of the molecule is COCCN(CCBr)S(=O)(=O)N1CCCCCC1. The summed E-state index contributed by atoms with van der Waals surface area (Å²) in [7, 11) is -1.74. The molecule has 108 valence electrons. The van der Waals surface area contributed by atoms with Crippen molar-refractivity contribution < 1.29 is 13.2 Å². The summed E-state index contributed by atoms with van der Waals surface area (Å²) in [5.41, 5.74) is 0. The number of alkyl halides is 1. The zero-order chi connectivity index (χ0) is 13.4. The number of halogens is 1. The molecule has 1 aliphatic heterocycles. The van der Waals surface area contributed by atoms with Gasteiger partial charge in [0.05, 0.1) is 6.61 Å². The molecule has 0 saturated carbocycles. The van der Waals surface area contributed by atoms with E-state index in [-0.39, 0.29) is 0 Å². The van der Waals surface area contributed by atoms with Crippen LogP contribution in [-0.4, -0.2) is 62.3 Å². The Bertz CT molecular complexity index is 316. The minimum absolute atomic E-state index is 0.418. The molecule has 5 nitrogen and oxygen atoms in total. The molecule has 0 aliphatic carbocycles. The molecule has 0 radical (unpaired) electrons. The molecule has 0 atom stereocenters. The van der Waals surface area contributed by atoms with Crippen LogP contribution in [0.15, 0.2) is 0 Å². The van der Waals surface area contributed by atoms with Gasteiger partial charge in [0, 0.05) is 38.6 Å². The smallest absolute Gasteiger partial charge is 0.282 e. The third-order valence-corrected chi connectivity index (χ3v) is 5.49. The van der Waals surface area contributed by atoms with E-state index in [2.05, 4.69) is 15.9 Å². The minimum Gasteiger partial charge on any atom is -0.383 e. The van der Waals surface area contributed by atoms with Gasteiger partial charge in [-0.1, -0.05) is 28.8 Å². The van der Waals surface area contributed by atoms with E-state index in [0.29, 0.717) is 38.1 Å². The molecule has 0 spiro atoms. The zero-order valence-corrected chi connectivity index (χ0v) is 13.4. The summed E-state index contributed by atoms with van der Waals surface area (Å²) >= 11 is 3.31. The first-order valence-electron chi connectivity index (χ1n) is 6.43. The van der Waals surface area contributed by atoms with Gasteiger partial charge in [0.2, 0.25) is 0 Å². The third-order valence-electron chi connectivity index (χ3n) is 3.10. The fraction of sp³-hybridized carbons (Fsp3) is 1.00. The Morgan fingerprint density at radius 2 is 1.78 bits per heavy atom. The van der Waals surface area contributed by atoms with Crippen LogP contribution in [-0.2, 0) is 14.9 Å². The molecule has 0 amide bonds. The molecule has 0 aromatic heterocycles. The van der Waals surface area contributed by atoms with E-state index >= 15 is 0 Å². The second kappa shape index (κ2) is 8.47. The molecule has 0 aromatic carbocycles. The summed E-state index contributed by atoms with van der Waals surface area (Å²) < 4.78 is 33.1. The molecule has 0 N–H and O–H groups in total. The zero-order valence-electron chi connectivity index (χ0n) is 11.0. The highest BCUT2D eigenvalue weighted by Crippen LogP contribution is 2.16. The Morgan fingerprint density at radius 3 is 2.28 bits per heavy atom. The van der Waals surface area contributed by atoms with E-state index in [1.807, 2.05) is 0 Å². The number of hydrogen-bond donors (Lipinski definition) is 0. The lowest BCUT2D eigenvalue weighted by Gasteiger charge is -2.28. The van der Waals surface area contributed by atoms with Crippen LogP contribution in [0, 0.1) is 0 Å². The Hall–Kier alpha value is 0.310. The summed E-state index contributed by atoms with van der Waals surface area (Å²) in [5.74, 6) is 0. The van der Waals surface area contributed by atoms with E-state index in [9.17, 15) is 8.42 Å². The predicted molar refractivity (Wildman–Crippen MR) is 76.2 cm³/mol. The normalized spacial score (nSPS) is 19.1. The predicted octanol–water partition coefficient (Wildman–Crippen LogP) is 1.45. The number of hydrogen-bond acceptors (Lipinski definition) is 3. The highest BCUT2D eigenvalue weighted by atomic mass is 79.9. The number of ether oxygens (including phenoxy) is 1. The van der Waals surface area contributed by atoms with Gasteiger partial charge in [0.15, 0.2) is 0 Å². The average Bonchev–Trinajstić information content (AvgIpc) is 2.63. The Balaban J connectivity index is 2.71. The summed E-state index contributed by atoms with van der Waals surface area (Å²) in [6.45, 7) is 2.63. The molecule has 1 fully saturated rings. The number of methoxy groups -OCH3 is 1. The van der Waals surface area contributed by atoms with Crippen molar-refractivity contribution in [2.75, 3.05) is 45.2 Å². The molecule has 0 bridgehead atoms. The minimum atomic E-state index is -3.33. The lowest BCUT2D eigenvalue weighted by Crippen LogP contribution is -2.46. The van der Waals surface area contributed by atoms with Gasteiger partial charge in [-0.2, -0.15) is 17.0 Å². The molecule has 0 aromatic rings. The van der Waals surface area contributed by atoms with Crippen molar-refractivity contribution in [2.24, 2.45) is 0 Å². The van der Waals surface area contributed by atoms with Gasteiger partial charge in [-0.05, 0) is 12.8 Å². The summed E-state index contributed by atoms with van der Waals surface area (Å²) in [6, 6.07) is 0. The molecule has 1 saturated heterocycles. The summed E-state index contributed by atoms with van der Waals surface area (Å²) in [4.78, 5) is 0. The van der Waals surface area contributed by atoms with E-state index in [1.165, 1.54) is 4.31 Å². The van der Waals surface area contributed by atoms with E-state index in [0.717, 1.165) is 25.7 Å². The van der Waals surface area contributed by atoms with Crippen LogP contribution in [0.2, 0.25) is 0 Å². The Labute approximate surface area is 119 Å². The fourth-order valence-electron chi connectivity index (χ4n) is 2.07. The largest absolute Gasteiger partial charge is 0.383 e. The van der Waals surface area contributed by atoms with Crippen molar-refractivity contribution in [3.8, 4) is 0 Å². The molecule has 7 heteroatoms. The van der Waals surface area contributed by atoms with Crippen LogP contribution in [0.4, 0.5) is 0 Å². The molecule has 1 aliphatic rings. The quantitative estimate of drug-likeness (QED) is 0.658. The van der Waals surface area contributed by atoms with Crippen LogP contribution >= 0.6 is 15.9 Å². The molecule has 1 rings (SSSR count). The monoisotopic (exact) mass is 342 g/mol. The maximum absolute atomic E-state index is 12.5. The average molecular weight is 343 g/mol. The first-order chi connectivity index (χ1) is 8.62. The highest BCUT2D eigenvalue weighted by molar-refractivity contribution is 9.09. The summed E-state index contributed by atoms with van der Waals surface area (Å²) in [6.07, 6.45) is 4.18. The molecular formula is C11H23BrN2O3S. The van der Waals surface area contributed by atoms with Gasteiger partial charge in [0.25, 0.3) is 10.2 Å². The Kier molecular flexibility index (Phi) is 7.70.